The summed E-state index contributed by atoms with van der Waals surface area (Å²) in [4.78, 5) is 30.1. The summed E-state index contributed by atoms with van der Waals surface area (Å²) >= 11 is 0. The molecule has 8 heteroatoms. The van der Waals surface area contributed by atoms with Crippen LogP contribution in [-0.2, 0) is 9.59 Å². The van der Waals surface area contributed by atoms with E-state index in [1.807, 2.05) is 87.4 Å². The van der Waals surface area contributed by atoms with Gasteiger partial charge in [-0.1, -0.05) is 30.3 Å². The van der Waals surface area contributed by atoms with E-state index in [-0.39, 0.29) is 11.3 Å². The van der Waals surface area contributed by atoms with Gasteiger partial charge in [0, 0.05) is 6.54 Å². The zero-order valence-corrected chi connectivity index (χ0v) is 21.1. The number of ketones is 1. The summed E-state index contributed by atoms with van der Waals surface area (Å²) in [6.07, 6.45) is 2.23. The Kier molecular flexibility index (Phi) is 7.55. The highest BCUT2D eigenvalue weighted by molar-refractivity contribution is 6.46. The topological polar surface area (TPSA) is 87.9 Å². The molecule has 2 aromatic carbocycles. The molecule has 0 spiro atoms. The molecule has 1 aliphatic heterocycles. The lowest BCUT2D eigenvalue weighted by Crippen LogP contribution is -2.32. The van der Waals surface area contributed by atoms with Gasteiger partial charge in [0.15, 0.2) is 0 Å². The molecule has 8 nitrogen and oxygen atoms in total. The monoisotopic (exact) mass is 488 g/mol. The van der Waals surface area contributed by atoms with Crippen molar-refractivity contribution in [3.05, 3.63) is 83.2 Å². The summed E-state index contributed by atoms with van der Waals surface area (Å²) in [7, 11) is 3.93. The van der Waals surface area contributed by atoms with Crippen molar-refractivity contribution in [1.82, 2.24) is 19.6 Å². The van der Waals surface area contributed by atoms with E-state index in [9.17, 15) is 14.7 Å². The number of carbonyl (C=O) groups excluding carboxylic acids is 2. The molecule has 2 heterocycles. The largest absolute Gasteiger partial charge is 0.507 e. The van der Waals surface area contributed by atoms with E-state index in [1.54, 1.807) is 9.58 Å². The molecule has 1 aromatic heterocycles. The molecular weight excluding hydrogens is 456 g/mol. The molecule has 36 heavy (non-hydrogen) atoms. The SMILES string of the molecule is CCOc1ccc([C@@H]2C(=C(O)c3cnn(-c4ccccc4)c3C)C(=O)C(=O)N2CCCN(C)C)cc1. The predicted molar refractivity (Wildman–Crippen MR) is 138 cm³/mol. The second kappa shape index (κ2) is 10.8. The minimum atomic E-state index is -0.706. The number of aliphatic hydroxyl groups is 1. The maximum Gasteiger partial charge on any atom is 0.295 e. The first-order valence-corrected chi connectivity index (χ1v) is 12.1. The van der Waals surface area contributed by atoms with Crippen LogP contribution in [0, 0.1) is 6.92 Å². The van der Waals surface area contributed by atoms with Gasteiger partial charge in [-0.15, -0.1) is 0 Å². The lowest BCUT2D eigenvalue weighted by Gasteiger charge is -2.26. The number of para-hydroxylation sites is 1. The highest BCUT2D eigenvalue weighted by Crippen LogP contribution is 2.40. The Morgan fingerprint density at radius 1 is 1.08 bits per heavy atom. The molecule has 1 aliphatic rings. The Balaban J connectivity index is 1.79. The molecule has 1 amide bonds. The van der Waals surface area contributed by atoms with E-state index in [0.717, 1.165) is 17.8 Å². The van der Waals surface area contributed by atoms with Gasteiger partial charge < -0.3 is 19.6 Å². The molecule has 1 N–H and O–H groups in total. The van der Waals surface area contributed by atoms with Gasteiger partial charge >= 0.3 is 0 Å². The fourth-order valence-corrected chi connectivity index (χ4v) is 4.54. The Morgan fingerprint density at radius 3 is 2.42 bits per heavy atom. The molecular formula is C28H32N4O4. The van der Waals surface area contributed by atoms with Gasteiger partial charge in [-0.2, -0.15) is 5.10 Å². The summed E-state index contributed by atoms with van der Waals surface area (Å²) in [5.41, 5.74) is 2.73. The van der Waals surface area contributed by atoms with Gasteiger partial charge in [0.2, 0.25) is 0 Å². The molecule has 0 saturated carbocycles. The van der Waals surface area contributed by atoms with Crippen LogP contribution in [0.25, 0.3) is 11.4 Å². The Morgan fingerprint density at radius 2 is 1.78 bits per heavy atom. The highest BCUT2D eigenvalue weighted by atomic mass is 16.5. The van der Waals surface area contributed by atoms with E-state index in [1.165, 1.54) is 6.20 Å². The zero-order valence-electron chi connectivity index (χ0n) is 21.1. The van der Waals surface area contributed by atoms with Crippen molar-refractivity contribution in [3.8, 4) is 11.4 Å². The van der Waals surface area contributed by atoms with Crippen LogP contribution in [-0.4, -0.2) is 70.2 Å². The average Bonchev–Trinajstić information content (AvgIpc) is 3.37. The van der Waals surface area contributed by atoms with E-state index < -0.39 is 17.7 Å². The van der Waals surface area contributed by atoms with E-state index >= 15 is 0 Å². The average molecular weight is 489 g/mol. The smallest absolute Gasteiger partial charge is 0.295 e. The second-order valence-corrected chi connectivity index (χ2v) is 9.04. The van der Waals surface area contributed by atoms with E-state index in [4.69, 9.17) is 4.74 Å². The third-order valence-corrected chi connectivity index (χ3v) is 6.32. The van der Waals surface area contributed by atoms with Gasteiger partial charge in [-0.3, -0.25) is 9.59 Å². The van der Waals surface area contributed by atoms with Crippen molar-refractivity contribution < 1.29 is 19.4 Å². The standard InChI is InChI=1S/C28H32N4O4/c1-5-36-22-14-12-20(13-15-22)25-24(27(34)28(35)31(25)17-9-16-30(3)4)26(33)23-18-29-32(19(23)2)21-10-7-6-8-11-21/h6-8,10-15,18,25,33H,5,9,16-17H2,1-4H3/t25-/m1/s1. The van der Waals surface area contributed by atoms with Crippen LogP contribution < -0.4 is 4.74 Å². The van der Waals surface area contributed by atoms with Gasteiger partial charge in [0.05, 0.1) is 41.4 Å². The van der Waals surface area contributed by atoms with E-state index in [2.05, 4.69) is 5.10 Å². The van der Waals surface area contributed by atoms with Gasteiger partial charge in [-0.05, 0) is 70.7 Å². The van der Waals surface area contributed by atoms with Crippen LogP contribution in [0.1, 0.15) is 36.2 Å². The molecule has 188 valence electrons. The third-order valence-electron chi connectivity index (χ3n) is 6.32. The molecule has 1 fully saturated rings. The maximum atomic E-state index is 13.3. The highest BCUT2D eigenvalue weighted by Gasteiger charge is 2.46. The number of benzene rings is 2. The van der Waals surface area contributed by atoms with Crippen LogP contribution in [0.4, 0.5) is 0 Å². The zero-order chi connectivity index (χ0) is 25.8. The summed E-state index contributed by atoms with van der Waals surface area (Å²) < 4.78 is 7.27. The summed E-state index contributed by atoms with van der Waals surface area (Å²) in [6.45, 7) is 5.42. The van der Waals surface area contributed by atoms with Crippen molar-refractivity contribution in [2.75, 3.05) is 33.8 Å². The number of carbonyl (C=O) groups is 2. The second-order valence-electron chi connectivity index (χ2n) is 9.04. The van der Waals surface area contributed by atoms with Crippen molar-refractivity contribution in [2.24, 2.45) is 0 Å². The fraction of sp³-hybridized carbons (Fsp3) is 0.321. The summed E-state index contributed by atoms with van der Waals surface area (Å²) in [5.74, 6) is -0.821. The Bertz CT molecular complexity index is 1260. The number of aliphatic hydroxyl groups excluding tert-OH is 1. The molecule has 3 aromatic rings. The minimum absolute atomic E-state index is 0.0738. The van der Waals surface area contributed by atoms with Crippen LogP contribution in [0.3, 0.4) is 0 Å². The minimum Gasteiger partial charge on any atom is -0.507 e. The number of Topliss-reactive ketones (excluding diaryl/α,β-unsaturated/α-hetero) is 1. The number of aromatic nitrogens is 2. The Hall–Kier alpha value is -3.91. The van der Waals surface area contributed by atoms with Crippen LogP contribution in [0.2, 0.25) is 0 Å². The predicted octanol–water partition coefficient (Wildman–Crippen LogP) is 3.95. The quantitative estimate of drug-likeness (QED) is 0.279. The number of amides is 1. The lowest BCUT2D eigenvalue weighted by atomic mass is 9.95. The first kappa shape index (κ1) is 25.2. The number of rotatable bonds is 9. The van der Waals surface area contributed by atoms with Crippen LogP contribution in [0.5, 0.6) is 5.75 Å². The molecule has 0 radical (unpaired) electrons. The Labute approximate surface area is 211 Å². The number of hydrogen-bond acceptors (Lipinski definition) is 6. The number of hydrogen-bond donors (Lipinski definition) is 1. The fourth-order valence-electron chi connectivity index (χ4n) is 4.54. The molecule has 1 saturated heterocycles. The number of nitrogens with zero attached hydrogens (tertiary/aromatic N) is 4. The maximum absolute atomic E-state index is 13.3. The molecule has 1 atom stereocenters. The lowest BCUT2D eigenvalue weighted by molar-refractivity contribution is -0.139. The van der Waals surface area contributed by atoms with Crippen molar-refractivity contribution in [1.29, 1.82) is 0 Å². The molecule has 0 aliphatic carbocycles. The van der Waals surface area contributed by atoms with Crippen molar-refractivity contribution >= 4 is 17.4 Å². The molecule has 0 bridgehead atoms. The first-order chi connectivity index (χ1) is 17.3. The van der Waals surface area contributed by atoms with Gasteiger partial charge in [0.1, 0.15) is 11.5 Å². The number of likely N-dealkylation sites (tertiary alicyclic amines) is 1. The normalized spacial score (nSPS) is 17.2. The summed E-state index contributed by atoms with van der Waals surface area (Å²) in [6, 6.07) is 16.2. The number of ether oxygens (including phenoxy) is 1. The molecule has 4 rings (SSSR count). The third kappa shape index (κ3) is 4.90. The van der Waals surface area contributed by atoms with E-state index in [0.29, 0.717) is 36.6 Å². The van der Waals surface area contributed by atoms with Crippen molar-refractivity contribution in [2.45, 2.75) is 26.3 Å². The van der Waals surface area contributed by atoms with Gasteiger partial charge in [0.25, 0.3) is 11.7 Å². The molecule has 0 unspecified atom stereocenters. The van der Waals surface area contributed by atoms with Crippen LogP contribution in [0.15, 0.2) is 66.4 Å². The summed E-state index contributed by atoms with van der Waals surface area (Å²) in [5, 5.41) is 15.9. The first-order valence-electron chi connectivity index (χ1n) is 12.1. The van der Waals surface area contributed by atoms with Gasteiger partial charge in [-0.25, -0.2) is 4.68 Å². The van der Waals surface area contributed by atoms with Crippen LogP contribution >= 0.6 is 0 Å². The van der Waals surface area contributed by atoms with Crippen molar-refractivity contribution in [3.63, 3.8) is 0 Å².